The number of carbonyl (C=O) groups is 2. The number of benzene rings is 1. The van der Waals surface area contributed by atoms with E-state index in [2.05, 4.69) is 21.7 Å². The van der Waals surface area contributed by atoms with Gasteiger partial charge in [-0.05, 0) is 31.0 Å². The number of aromatic nitrogens is 2. The van der Waals surface area contributed by atoms with Crippen LogP contribution < -0.4 is 0 Å². The van der Waals surface area contributed by atoms with Crippen LogP contribution in [0.15, 0.2) is 60.4 Å². The highest BCUT2D eigenvalue weighted by molar-refractivity contribution is 6.36. The van der Waals surface area contributed by atoms with Crippen LogP contribution in [0.1, 0.15) is 18.1 Å². The summed E-state index contributed by atoms with van der Waals surface area (Å²) in [5, 5.41) is 0.895. The molecule has 0 aliphatic carbocycles. The van der Waals surface area contributed by atoms with Gasteiger partial charge in [-0.3, -0.25) is 14.5 Å². The third-order valence-corrected chi connectivity index (χ3v) is 4.91. The van der Waals surface area contributed by atoms with Gasteiger partial charge in [-0.2, -0.15) is 0 Å². The lowest BCUT2D eigenvalue weighted by molar-refractivity contribution is -0.135. The van der Waals surface area contributed by atoms with E-state index in [1.165, 1.54) is 17.5 Å². The fourth-order valence-corrected chi connectivity index (χ4v) is 3.48. The molecule has 2 aromatic heterocycles. The smallest absolute Gasteiger partial charge is 0.261 e. The van der Waals surface area contributed by atoms with Crippen molar-refractivity contribution in [2.24, 2.45) is 0 Å². The number of imide groups is 1. The molecule has 26 heavy (non-hydrogen) atoms. The summed E-state index contributed by atoms with van der Waals surface area (Å²) in [6.45, 7) is 2.46. The van der Waals surface area contributed by atoms with Gasteiger partial charge in [-0.15, -0.1) is 0 Å². The lowest BCUT2D eigenvalue weighted by Gasteiger charge is -2.06. The molecule has 3 heterocycles. The molecule has 0 fully saturated rings. The molecule has 5 nitrogen and oxygen atoms in total. The van der Waals surface area contributed by atoms with Crippen molar-refractivity contribution in [1.29, 1.82) is 0 Å². The standard InChI is InChI=1S/C21H19N3O2/c1-14-18(21(26)23(2)20(14)25)17-13-24(19-16(17)9-6-11-22-19)12-10-15-7-4-3-5-8-15/h3-9,11,13H,10,12H2,1-2H3. The molecule has 0 unspecified atom stereocenters. The van der Waals surface area contributed by atoms with Crippen molar-refractivity contribution < 1.29 is 9.59 Å². The largest absolute Gasteiger partial charge is 0.332 e. The van der Waals surface area contributed by atoms with E-state index in [0.717, 1.165) is 29.6 Å². The van der Waals surface area contributed by atoms with Gasteiger partial charge in [0, 0.05) is 42.5 Å². The van der Waals surface area contributed by atoms with Crippen molar-refractivity contribution >= 4 is 28.4 Å². The summed E-state index contributed by atoms with van der Waals surface area (Å²) < 4.78 is 2.06. The van der Waals surface area contributed by atoms with Crippen LogP contribution in [0, 0.1) is 0 Å². The monoisotopic (exact) mass is 345 g/mol. The molecule has 0 bridgehead atoms. The van der Waals surface area contributed by atoms with Gasteiger partial charge in [0.05, 0.1) is 5.57 Å². The first-order valence-corrected chi connectivity index (χ1v) is 8.59. The molecule has 5 heteroatoms. The Morgan fingerprint density at radius 1 is 1.00 bits per heavy atom. The van der Waals surface area contributed by atoms with Crippen molar-refractivity contribution in [2.75, 3.05) is 7.05 Å². The van der Waals surface area contributed by atoms with Crippen molar-refractivity contribution in [3.63, 3.8) is 0 Å². The van der Waals surface area contributed by atoms with Gasteiger partial charge in [-0.25, -0.2) is 4.98 Å². The highest BCUT2D eigenvalue weighted by atomic mass is 16.2. The second kappa shape index (κ2) is 6.26. The van der Waals surface area contributed by atoms with Crippen LogP contribution in [0.3, 0.4) is 0 Å². The molecular weight excluding hydrogens is 326 g/mol. The van der Waals surface area contributed by atoms with Crippen LogP contribution in [0.4, 0.5) is 0 Å². The first kappa shape index (κ1) is 16.3. The summed E-state index contributed by atoms with van der Waals surface area (Å²) in [5.74, 6) is -0.488. The first-order chi connectivity index (χ1) is 12.6. The summed E-state index contributed by atoms with van der Waals surface area (Å²) in [7, 11) is 1.52. The summed E-state index contributed by atoms with van der Waals surface area (Å²) >= 11 is 0. The maximum atomic E-state index is 12.6. The molecule has 0 saturated heterocycles. The fraction of sp³-hybridized carbons (Fsp3) is 0.190. The minimum absolute atomic E-state index is 0.237. The van der Waals surface area contributed by atoms with E-state index in [1.807, 2.05) is 36.5 Å². The highest BCUT2D eigenvalue weighted by Gasteiger charge is 2.35. The summed E-state index contributed by atoms with van der Waals surface area (Å²) in [4.78, 5) is 30.4. The number of fused-ring (bicyclic) bond motifs is 1. The molecule has 2 amide bonds. The minimum atomic E-state index is -0.251. The van der Waals surface area contributed by atoms with Crippen LogP contribution in [-0.4, -0.2) is 33.3 Å². The van der Waals surface area contributed by atoms with Gasteiger partial charge in [0.1, 0.15) is 5.65 Å². The second-order valence-corrected chi connectivity index (χ2v) is 6.52. The summed E-state index contributed by atoms with van der Waals surface area (Å²) in [5.41, 5.74) is 3.82. The van der Waals surface area contributed by atoms with E-state index in [0.29, 0.717) is 11.1 Å². The normalized spacial score (nSPS) is 14.8. The van der Waals surface area contributed by atoms with E-state index in [1.54, 1.807) is 13.1 Å². The number of hydrogen-bond donors (Lipinski definition) is 0. The van der Waals surface area contributed by atoms with Gasteiger partial charge < -0.3 is 4.57 Å². The lowest BCUT2D eigenvalue weighted by atomic mass is 10.0. The molecule has 1 aliphatic rings. The van der Waals surface area contributed by atoms with Crippen LogP contribution >= 0.6 is 0 Å². The summed E-state index contributed by atoms with van der Waals surface area (Å²) in [6.07, 6.45) is 4.56. The Bertz CT molecular complexity index is 1050. The highest BCUT2D eigenvalue weighted by Crippen LogP contribution is 2.33. The number of aryl methyl sites for hydroxylation is 2. The molecule has 0 spiro atoms. The molecule has 0 atom stereocenters. The Morgan fingerprint density at radius 3 is 2.46 bits per heavy atom. The number of amides is 2. The van der Waals surface area contributed by atoms with Crippen molar-refractivity contribution in [2.45, 2.75) is 19.9 Å². The van der Waals surface area contributed by atoms with Gasteiger partial charge in [0.15, 0.2) is 0 Å². The molecule has 4 rings (SSSR count). The van der Waals surface area contributed by atoms with Gasteiger partial charge in [0.2, 0.25) is 0 Å². The second-order valence-electron chi connectivity index (χ2n) is 6.52. The zero-order valence-electron chi connectivity index (χ0n) is 14.8. The number of rotatable bonds is 4. The van der Waals surface area contributed by atoms with E-state index in [9.17, 15) is 9.59 Å². The quantitative estimate of drug-likeness (QED) is 0.683. The zero-order valence-corrected chi connectivity index (χ0v) is 14.8. The average molecular weight is 345 g/mol. The lowest BCUT2D eigenvalue weighted by Crippen LogP contribution is -2.26. The van der Waals surface area contributed by atoms with Crippen LogP contribution in [-0.2, 0) is 22.6 Å². The van der Waals surface area contributed by atoms with Crippen molar-refractivity contribution in [3.05, 3.63) is 71.6 Å². The molecular formula is C21H19N3O2. The molecule has 3 aromatic rings. The van der Waals surface area contributed by atoms with Crippen LogP contribution in [0.2, 0.25) is 0 Å². The number of hydrogen-bond acceptors (Lipinski definition) is 3. The number of likely N-dealkylation sites (N-methyl/N-ethyl adjacent to an activating group) is 1. The molecule has 1 aliphatic heterocycles. The maximum absolute atomic E-state index is 12.6. The molecule has 0 N–H and O–H groups in total. The minimum Gasteiger partial charge on any atom is -0.332 e. The Balaban J connectivity index is 1.78. The van der Waals surface area contributed by atoms with E-state index in [-0.39, 0.29) is 11.8 Å². The Hall–Kier alpha value is -3.21. The Morgan fingerprint density at radius 2 is 1.77 bits per heavy atom. The molecule has 0 radical (unpaired) electrons. The first-order valence-electron chi connectivity index (χ1n) is 8.59. The van der Waals surface area contributed by atoms with E-state index in [4.69, 9.17) is 0 Å². The average Bonchev–Trinajstić information content (AvgIpc) is 3.12. The molecule has 1 aromatic carbocycles. The zero-order chi connectivity index (χ0) is 18.3. The number of pyridine rings is 1. The maximum Gasteiger partial charge on any atom is 0.261 e. The van der Waals surface area contributed by atoms with Crippen LogP contribution in [0.25, 0.3) is 16.6 Å². The summed E-state index contributed by atoms with van der Waals surface area (Å²) in [6, 6.07) is 14.1. The van der Waals surface area contributed by atoms with Crippen molar-refractivity contribution in [3.8, 4) is 0 Å². The number of nitrogens with zero attached hydrogens (tertiary/aromatic N) is 3. The predicted molar refractivity (Wildman–Crippen MR) is 100 cm³/mol. The van der Waals surface area contributed by atoms with Gasteiger partial charge >= 0.3 is 0 Å². The Labute approximate surface area is 151 Å². The number of carbonyl (C=O) groups excluding carboxylic acids is 2. The van der Waals surface area contributed by atoms with Crippen molar-refractivity contribution in [1.82, 2.24) is 14.5 Å². The van der Waals surface area contributed by atoms with Gasteiger partial charge in [0.25, 0.3) is 11.8 Å². The topological polar surface area (TPSA) is 55.2 Å². The van der Waals surface area contributed by atoms with E-state index < -0.39 is 0 Å². The molecule has 130 valence electrons. The fourth-order valence-electron chi connectivity index (χ4n) is 3.48. The Kier molecular flexibility index (Phi) is 3.92. The van der Waals surface area contributed by atoms with Crippen LogP contribution in [0.5, 0.6) is 0 Å². The molecule has 0 saturated carbocycles. The SMILES string of the molecule is CC1=C(c2cn(CCc3ccccc3)c3ncccc23)C(=O)N(C)C1=O. The van der Waals surface area contributed by atoms with Gasteiger partial charge in [-0.1, -0.05) is 30.3 Å². The predicted octanol–water partition coefficient (Wildman–Crippen LogP) is 3.05. The third-order valence-electron chi connectivity index (χ3n) is 4.91. The third kappa shape index (κ3) is 2.52. The van der Waals surface area contributed by atoms with E-state index >= 15 is 0 Å².